The van der Waals surface area contributed by atoms with E-state index in [0.29, 0.717) is 0 Å². The fraction of sp³-hybridized carbons (Fsp3) is 0.643. The summed E-state index contributed by atoms with van der Waals surface area (Å²) in [5, 5.41) is 9.81. The molecule has 2 aliphatic rings. The molecule has 4 nitrogen and oxygen atoms in total. The molecule has 3 heterocycles. The molecule has 3 rings (SSSR count). The van der Waals surface area contributed by atoms with Gasteiger partial charge < -0.3 is 14.6 Å². The van der Waals surface area contributed by atoms with E-state index >= 15 is 0 Å². The third kappa shape index (κ3) is 2.23. The standard InChI is InChI=1S/C14H19BrN2O2/c1-2-16-8-9(15)5-13(16)14(19)17-10-3-4-11(17)7-12(18)6-10/h5,8,10-12,18H,2-4,6-7H2,1H3. The second-order valence-corrected chi connectivity index (χ2v) is 6.47. The van der Waals surface area contributed by atoms with Crippen LogP contribution >= 0.6 is 15.9 Å². The third-order valence-electron chi connectivity index (χ3n) is 4.37. The Balaban J connectivity index is 1.88. The molecule has 2 aliphatic heterocycles. The highest BCUT2D eigenvalue weighted by Gasteiger charge is 2.43. The average molecular weight is 327 g/mol. The van der Waals surface area contributed by atoms with E-state index in [9.17, 15) is 9.90 Å². The Labute approximate surface area is 121 Å². The Morgan fingerprint density at radius 3 is 2.63 bits per heavy atom. The van der Waals surface area contributed by atoms with E-state index in [1.54, 1.807) is 0 Å². The smallest absolute Gasteiger partial charge is 0.271 e. The summed E-state index contributed by atoms with van der Waals surface area (Å²) in [5.74, 6) is 0.118. The topological polar surface area (TPSA) is 45.5 Å². The zero-order valence-corrected chi connectivity index (χ0v) is 12.6. The number of carbonyl (C=O) groups excluding carboxylic acids is 1. The van der Waals surface area contributed by atoms with Crippen molar-refractivity contribution in [2.45, 2.75) is 57.3 Å². The SMILES string of the molecule is CCn1cc(Br)cc1C(=O)N1C2CCC1CC(O)C2. The van der Waals surface area contributed by atoms with Gasteiger partial charge in [0.05, 0.1) is 6.10 Å². The Hall–Kier alpha value is -0.810. The van der Waals surface area contributed by atoms with Crippen LogP contribution in [0.5, 0.6) is 0 Å². The molecule has 0 spiro atoms. The highest BCUT2D eigenvalue weighted by atomic mass is 79.9. The Kier molecular flexibility index (Phi) is 3.43. The van der Waals surface area contributed by atoms with E-state index in [2.05, 4.69) is 15.9 Å². The van der Waals surface area contributed by atoms with E-state index in [1.165, 1.54) is 0 Å². The van der Waals surface area contributed by atoms with Crippen molar-refractivity contribution in [2.75, 3.05) is 0 Å². The number of aliphatic hydroxyl groups excluding tert-OH is 1. The maximum Gasteiger partial charge on any atom is 0.271 e. The zero-order chi connectivity index (χ0) is 13.6. The molecule has 104 valence electrons. The zero-order valence-electron chi connectivity index (χ0n) is 11.1. The molecule has 5 heteroatoms. The Morgan fingerprint density at radius 2 is 2.05 bits per heavy atom. The monoisotopic (exact) mass is 326 g/mol. The number of hydrogen-bond acceptors (Lipinski definition) is 2. The number of aromatic nitrogens is 1. The van der Waals surface area contributed by atoms with Crippen LogP contribution in [-0.4, -0.2) is 38.7 Å². The maximum absolute atomic E-state index is 12.8. The van der Waals surface area contributed by atoms with Crippen LogP contribution in [0.2, 0.25) is 0 Å². The molecule has 2 unspecified atom stereocenters. The minimum absolute atomic E-state index is 0.118. The number of fused-ring (bicyclic) bond motifs is 2. The number of aryl methyl sites for hydroxylation is 1. The van der Waals surface area contributed by atoms with Crippen molar-refractivity contribution < 1.29 is 9.90 Å². The number of halogens is 1. The quantitative estimate of drug-likeness (QED) is 0.907. The lowest BCUT2D eigenvalue weighted by Gasteiger charge is -2.37. The molecule has 1 N–H and O–H groups in total. The van der Waals surface area contributed by atoms with Crippen LogP contribution in [0.15, 0.2) is 16.7 Å². The first-order valence-electron chi connectivity index (χ1n) is 6.96. The van der Waals surface area contributed by atoms with Crippen molar-refractivity contribution in [1.82, 2.24) is 9.47 Å². The second-order valence-electron chi connectivity index (χ2n) is 5.55. The molecule has 0 saturated carbocycles. The van der Waals surface area contributed by atoms with Crippen LogP contribution in [0, 0.1) is 0 Å². The number of hydrogen-bond donors (Lipinski definition) is 1. The summed E-state index contributed by atoms with van der Waals surface area (Å²) in [7, 11) is 0. The van der Waals surface area contributed by atoms with Crippen molar-refractivity contribution >= 4 is 21.8 Å². The molecule has 2 atom stereocenters. The van der Waals surface area contributed by atoms with Gasteiger partial charge in [0, 0.05) is 29.3 Å². The van der Waals surface area contributed by atoms with Crippen LogP contribution in [0.3, 0.4) is 0 Å². The molecular weight excluding hydrogens is 308 g/mol. The molecule has 0 aliphatic carbocycles. The number of aliphatic hydroxyl groups is 1. The first kappa shape index (κ1) is 13.2. The molecule has 1 aromatic rings. The normalized spacial score (nSPS) is 29.8. The summed E-state index contributed by atoms with van der Waals surface area (Å²) in [6.45, 7) is 2.83. The van der Waals surface area contributed by atoms with Crippen LogP contribution < -0.4 is 0 Å². The molecule has 19 heavy (non-hydrogen) atoms. The number of carbonyl (C=O) groups is 1. The van der Waals surface area contributed by atoms with Gasteiger partial charge in [-0.3, -0.25) is 4.79 Å². The minimum atomic E-state index is -0.230. The summed E-state index contributed by atoms with van der Waals surface area (Å²) in [6.07, 6.45) is 5.25. The maximum atomic E-state index is 12.8. The molecule has 1 aromatic heterocycles. The lowest BCUT2D eigenvalue weighted by atomic mass is 9.99. The van der Waals surface area contributed by atoms with Gasteiger partial charge in [-0.25, -0.2) is 0 Å². The van der Waals surface area contributed by atoms with Gasteiger partial charge in [-0.05, 0) is 54.6 Å². The number of rotatable bonds is 2. The van der Waals surface area contributed by atoms with Crippen LogP contribution in [0.1, 0.15) is 43.1 Å². The van der Waals surface area contributed by atoms with E-state index in [-0.39, 0.29) is 24.1 Å². The summed E-state index contributed by atoms with van der Waals surface area (Å²) < 4.78 is 2.93. The van der Waals surface area contributed by atoms with E-state index in [4.69, 9.17) is 0 Å². The lowest BCUT2D eigenvalue weighted by molar-refractivity contribution is 0.0279. The second kappa shape index (κ2) is 4.94. The van der Waals surface area contributed by atoms with Gasteiger partial charge in [-0.15, -0.1) is 0 Å². The lowest BCUT2D eigenvalue weighted by Crippen LogP contribution is -2.48. The molecule has 2 fully saturated rings. The van der Waals surface area contributed by atoms with Gasteiger partial charge in [-0.2, -0.15) is 0 Å². The highest BCUT2D eigenvalue weighted by molar-refractivity contribution is 9.10. The summed E-state index contributed by atoms with van der Waals surface area (Å²) in [6, 6.07) is 2.34. The predicted molar refractivity (Wildman–Crippen MR) is 76.0 cm³/mol. The van der Waals surface area contributed by atoms with Gasteiger partial charge in [0.2, 0.25) is 0 Å². The van der Waals surface area contributed by atoms with Crippen molar-refractivity contribution in [1.29, 1.82) is 0 Å². The fourth-order valence-electron chi connectivity index (χ4n) is 3.53. The molecular formula is C14H19BrN2O2. The fourth-order valence-corrected chi connectivity index (χ4v) is 3.99. The molecule has 2 saturated heterocycles. The van der Waals surface area contributed by atoms with E-state index < -0.39 is 0 Å². The van der Waals surface area contributed by atoms with Crippen molar-refractivity contribution in [3.63, 3.8) is 0 Å². The van der Waals surface area contributed by atoms with Crippen LogP contribution in [-0.2, 0) is 6.54 Å². The van der Waals surface area contributed by atoms with Gasteiger partial charge in [0.25, 0.3) is 5.91 Å². The average Bonchev–Trinajstić information content (AvgIpc) is 2.87. The Morgan fingerprint density at radius 1 is 1.42 bits per heavy atom. The number of piperidine rings is 1. The van der Waals surface area contributed by atoms with Crippen molar-refractivity contribution in [2.24, 2.45) is 0 Å². The number of amides is 1. The van der Waals surface area contributed by atoms with Gasteiger partial charge in [0.1, 0.15) is 5.69 Å². The first-order chi connectivity index (χ1) is 9.10. The molecule has 0 radical (unpaired) electrons. The largest absolute Gasteiger partial charge is 0.393 e. The molecule has 2 bridgehead atoms. The molecule has 1 amide bonds. The van der Waals surface area contributed by atoms with Crippen LogP contribution in [0.25, 0.3) is 0 Å². The Bertz CT molecular complexity index is 486. The minimum Gasteiger partial charge on any atom is -0.393 e. The van der Waals surface area contributed by atoms with E-state index in [1.807, 2.05) is 28.7 Å². The van der Waals surface area contributed by atoms with Gasteiger partial charge >= 0.3 is 0 Å². The summed E-state index contributed by atoms with van der Waals surface area (Å²) >= 11 is 3.44. The highest BCUT2D eigenvalue weighted by Crippen LogP contribution is 2.37. The first-order valence-corrected chi connectivity index (χ1v) is 7.75. The molecule has 0 aromatic carbocycles. The third-order valence-corrected chi connectivity index (χ3v) is 4.80. The summed E-state index contributed by atoms with van der Waals surface area (Å²) in [4.78, 5) is 14.8. The van der Waals surface area contributed by atoms with Crippen molar-refractivity contribution in [3.05, 3.63) is 22.4 Å². The predicted octanol–water partition coefficient (Wildman–Crippen LogP) is 2.40. The van der Waals surface area contributed by atoms with Gasteiger partial charge in [0.15, 0.2) is 0 Å². The van der Waals surface area contributed by atoms with Gasteiger partial charge in [-0.1, -0.05) is 0 Å². The van der Waals surface area contributed by atoms with Crippen molar-refractivity contribution in [3.8, 4) is 0 Å². The van der Waals surface area contributed by atoms with E-state index in [0.717, 1.165) is 42.4 Å². The summed E-state index contributed by atoms with van der Waals surface area (Å²) in [5.41, 5.74) is 0.752. The van der Waals surface area contributed by atoms with Crippen LogP contribution in [0.4, 0.5) is 0 Å². The number of nitrogens with zero attached hydrogens (tertiary/aromatic N) is 2.